The third-order valence-corrected chi connectivity index (χ3v) is 1.76. The number of ether oxygens (including phenoxy) is 1. The van der Waals surface area contributed by atoms with Crippen LogP contribution in [0.15, 0.2) is 18.5 Å². The van der Waals surface area contributed by atoms with Crippen LogP contribution in [0.2, 0.25) is 0 Å². The molecular formula is C9H15N3O3. The van der Waals surface area contributed by atoms with E-state index in [1.54, 1.807) is 6.08 Å². The predicted molar refractivity (Wildman–Crippen MR) is 52.7 cm³/mol. The van der Waals surface area contributed by atoms with Gasteiger partial charge in [-0.1, -0.05) is 11.3 Å². The van der Waals surface area contributed by atoms with Gasteiger partial charge < -0.3 is 14.9 Å². The summed E-state index contributed by atoms with van der Waals surface area (Å²) in [7, 11) is 0. The van der Waals surface area contributed by atoms with Crippen LogP contribution in [0, 0.1) is 0 Å². The highest BCUT2D eigenvalue weighted by molar-refractivity contribution is 4.91. The summed E-state index contributed by atoms with van der Waals surface area (Å²) in [6, 6.07) is 0. The van der Waals surface area contributed by atoms with Crippen molar-refractivity contribution in [2.75, 3.05) is 6.61 Å². The fourth-order valence-corrected chi connectivity index (χ4v) is 1.07. The Bertz CT molecular complexity index is 311. The molecule has 6 nitrogen and oxygen atoms in total. The van der Waals surface area contributed by atoms with E-state index in [1.165, 1.54) is 17.1 Å². The SMILES string of the molecule is C/C=C/OC[C@@H](O)Cn1nncc1CO. The van der Waals surface area contributed by atoms with Crippen molar-refractivity contribution < 1.29 is 14.9 Å². The van der Waals surface area contributed by atoms with Gasteiger partial charge in [0.15, 0.2) is 0 Å². The van der Waals surface area contributed by atoms with Gasteiger partial charge in [0.05, 0.1) is 31.3 Å². The van der Waals surface area contributed by atoms with Gasteiger partial charge in [-0.2, -0.15) is 0 Å². The van der Waals surface area contributed by atoms with Crippen LogP contribution in [0.25, 0.3) is 0 Å². The molecule has 84 valence electrons. The molecule has 0 radical (unpaired) electrons. The molecule has 0 aromatic carbocycles. The van der Waals surface area contributed by atoms with Gasteiger partial charge in [0.2, 0.25) is 0 Å². The summed E-state index contributed by atoms with van der Waals surface area (Å²) >= 11 is 0. The van der Waals surface area contributed by atoms with Crippen LogP contribution >= 0.6 is 0 Å². The van der Waals surface area contributed by atoms with Crippen LogP contribution in [-0.4, -0.2) is 37.9 Å². The molecule has 0 bridgehead atoms. The Morgan fingerprint density at radius 3 is 3.13 bits per heavy atom. The second-order valence-corrected chi connectivity index (χ2v) is 3.02. The second kappa shape index (κ2) is 6.15. The molecular weight excluding hydrogens is 198 g/mol. The number of hydrogen-bond acceptors (Lipinski definition) is 5. The van der Waals surface area contributed by atoms with E-state index in [4.69, 9.17) is 9.84 Å². The van der Waals surface area contributed by atoms with Crippen molar-refractivity contribution in [3.05, 3.63) is 24.2 Å². The molecule has 0 fully saturated rings. The zero-order valence-corrected chi connectivity index (χ0v) is 8.58. The fraction of sp³-hybridized carbons (Fsp3) is 0.556. The van der Waals surface area contributed by atoms with Crippen molar-refractivity contribution in [1.29, 1.82) is 0 Å². The first-order valence-electron chi connectivity index (χ1n) is 4.67. The molecule has 0 aliphatic rings. The Morgan fingerprint density at radius 2 is 2.47 bits per heavy atom. The number of rotatable bonds is 6. The maximum atomic E-state index is 9.54. The number of hydrogen-bond donors (Lipinski definition) is 2. The lowest BCUT2D eigenvalue weighted by molar-refractivity contribution is 0.0666. The van der Waals surface area contributed by atoms with Crippen molar-refractivity contribution in [1.82, 2.24) is 15.0 Å². The summed E-state index contributed by atoms with van der Waals surface area (Å²) in [6.45, 7) is 2.13. The standard InChI is InChI=1S/C9H15N3O3/c1-2-3-15-7-9(14)5-12-8(6-13)4-10-11-12/h2-4,9,13-14H,5-7H2,1H3/b3-2+/t9-/m0/s1. The van der Waals surface area contributed by atoms with Crippen molar-refractivity contribution in [3.63, 3.8) is 0 Å². The van der Waals surface area contributed by atoms with E-state index in [2.05, 4.69) is 10.3 Å². The monoisotopic (exact) mass is 213 g/mol. The first-order valence-corrected chi connectivity index (χ1v) is 4.67. The zero-order valence-electron chi connectivity index (χ0n) is 8.58. The Labute approximate surface area is 87.8 Å². The van der Waals surface area contributed by atoms with E-state index in [9.17, 15) is 5.11 Å². The zero-order chi connectivity index (χ0) is 11.1. The Kier molecular flexibility index (Phi) is 4.79. The van der Waals surface area contributed by atoms with Crippen LogP contribution < -0.4 is 0 Å². The van der Waals surface area contributed by atoms with Gasteiger partial charge in [-0.25, -0.2) is 4.68 Å². The first-order chi connectivity index (χ1) is 7.27. The predicted octanol–water partition coefficient (Wildman–Crippen LogP) is -0.319. The average Bonchev–Trinajstić information content (AvgIpc) is 2.65. The van der Waals surface area contributed by atoms with Crippen LogP contribution in [0.5, 0.6) is 0 Å². The van der Waals surface area contributed by atoms with Crippen LogP contribution in [-0.2, 0) is 17.9 Å². The van der Waals surface area contributed by atoms with Gasteiger partial charge >= 0.3 is 0 Å². The molecule has 15 heavy (non-hydrogen) atoms. The van der Waals surface area contributed by atoms with E-state index in [0.29, 0.717) is 5.69 Å². The number of aliphatic hydroxyl groups excluding tert-OH is 2. The highest BCUT2D eigenvalue weighted by atomic mass is 16.5. The summed E-state index contributed by atoms with van der Waals surface area (Å²) in [5.41, 5.74) is 0.570. The molecule has 1 aromatic rings. The Morgan fingerprint density at radius 1 is 1.67 bits per heavy atom. The number of allylic oxidation sites excluding steroid dienone is 1. The first kappa shape index (κ1) is 11.7. The maximum absolute atomic E-state index is 9.54. The molecule has 1 aromatic heterocycles. The van der Waals surface area contributed by atoms with Crippen molar-refractivity contribution in [3.8, 4) is 0 Å². The molecule has 0 aliphatic heterocycles. The highest BCUT2D eigenvalue weighted by Crippen LogP contribution is 1.98. The molecule has 1 atom stereocenters. The normalized spacial score (nSPS) is 13.3. The molecule has 0 spiro atoms. The topological polar surface area (TPSA) is 80.4 Å². The minimum Gasteiger partial charge on any atom is -0.499 e. The highest BCUT2D eigenvalue weighted by Gasteiger charge is 2.09. The number of aliphatic hydroxyl groups is 2. The molecule has 2 N–H and O–H groups in total. The van der Waals surface area contributed by atoms with Crippen LogP contribution in [0.3, 0.4) is 0 Å². The fourth-order valence-electron chi connectivity index (χ4n) is 1.07. The van der Waals surface area contributed by atoms with E-state index < -0.39 is 6.10 Å². The van der Waals surface area contributed by atoms with E-state index in [-0.39, 0.29) is 19.8 Å². The van der Waals surface area contributed by atoms with Crippen LogP contribution in [0.4, 0.5) is 0 Å². The van der Waals surface area contributed by atoms with Gasteiger partial charge in [0, 0.05) is 0 Å². The van der Waals surface area contributed by atoms with Gasteiger partial charge in [-0.3, -0.25) is 0 Å². The van der Waals surface area contributed by atoms with E-state index >= 15 is 0 Å². The molecule has 0 amide bonds. The third kappa shape index (κ3) is 3.69. The lowest BCUT2D eigenvalue weighted by atomic mass is 10.3. The third-order valence-electron chi connectivity index (χ3n) is 1.76. The summed E-state index contributed by atoms with van der Waals surface area (Å²) < 4.78 is 6.46. The average molecular weight is 213 g/mol. The molecule has 0 unspecified atom stereocenters. The lowest BCUT2D eigenvalue weighted by Gasteiger charge is -2.10. The van der Waals surface area contributed by atoms with Crippen LogP contribution in [0.1, 0.15) is 12.6 Å². The minimum atomic E-state index is -0.673. The summed E-state index contributed by atoms with van der Waals surface area (Å²) in [5, 5.41) is 25.8. The maximum Gasteiger partial charge on any atom is 0.115 e. The molecule has 0 saturated heterocycles. The minimum absolute atomic E-state index is 0.143. The van der Waals surface area contributed by atoms with Crippen molar-refractivity contribution in [2.45, 2.75) is 26.2 Å². The summed E-state index contributed by atoms with van der Waals surface area (Å²) in [4.78, 5) is 0. The molecule has 0 saturated carbocycles. The smallest absolute Gasteiger partial charge is 0.115 e. The molecule has 6 heteroatoms. The van der Waals surface area contributed by atoms with E-state index in [0.717, 1.165) is 0 Å². The molecule has 1 heterocycles. The second-order valence-electron chi connectivity index (χ2n) is 3.02. The lowest BCUT2D eigenvalue weighted by Crippen LogP contribution is -2.23. The van der Waals surface area contributed by atoms with E-state index in [1.807, 2.05) is 6.92 Å². The van der Waals surface area contributed by atoms with Gasteiger partial charge in [-0.05, 0) is 6.92 Å². The van der Waals surface area contributed by atoms with Crippen molar-refractivity contribution >= 4 is 0 Å². The Balaban J connectivity index is 2.40. The number of aromatic nitrogens is 3. The summed E-state index contributed by atoms with van der Waals surface area (Å²) in [5.74, 6) is 0. The van der Waals surface area contributed by atoms with Gasteiger partial charge in [0.25, 0.3) is 0 Å². The van der Waals surface area contributed by atoms with Gasteiger partial charge in [-0.15, -0.1) is 5.10 Å². The molecule has 0 aliphatic carbocycles. The Hall–Kier alpha value is -1.40. The van der Waals surface area contributed by atoms with Gasteiger partial charge in [0.1, 0.15) is 12.7 Å². The quantitative estimate of drug-likeness (QED) is 0.633. The summed E-state index contributed by atoms with van der Waals surface area (Å²) in [6.07, 6.45) is 4.03. The molecule has 1 rings (SSSR count). The largest absolute Gasteiger partial charge is 0.499 e. The number of nitrogens with zero attached hydrogens (tertiary/aromatic N) is 3. The van der Waals surface area contributed by atoms with Crippen molar-refractivity contribution in [2.24, 2.45) is 0 Å².